The van der Waals surface area contributed by atoms with Gasteiger partial charge in [0, 0.05) is 30.0 Å². The molecule has 2 aromatic rings. The average molecular weight is 359 g/mol. The van der Waals surface area contributed by atoms with Gasteiger partial charge in [-0.1, -0.05) is 17.7 Å². The number of rotatable bonds is 5. The molecule has 0 saturated carbocycles. The Morgan fingerprint density at radius 1 is 1.36 bits per heavy atom. The van der Waals surface area contributed by atoms with Crippen LogP contribution in [-0.4, -0.2) is 35.9 Å². The second kappa shape index (κ2) is 7.53. The summed E-state index contributed by atoms with van der Waals surface area (Å²) in [6.07, 6.45) is 2.17. The lowest BCUT2D eigenvalue weighted by molar-refractivity contribution is -0.117. The number of nitrogens with one attached hydrogen (secondary N) is 2. The Kier molecular flexibility index (Phi) is 5.19. The summed E-state index contributed by atoms with van der Waals surface area (Å²) in [6, 6.07) is 10.3. The molecular weight excluding hydrogens is 340 g/mol. The number of hydrogen-bond acceptors (Lipinski definition) is 4. The highest BCUT2D eigenvalue weighted by molar-refractivity contribution is 6.31. The lowest BCUT2D eigenvalue weighted by Gasteiger charge is -2.17. The number of hydrogen-bond donors (Lipinski definition) is 2. The van der Waals surface area contributed by atoms with Crippen LogP contribution >= 0.6 is 11.6 Å². The van der Waals surface area contributed by atoms with Crippen molar-refractivity contribution in [2.75, 3.05) is 23.3 Å². The fourth-order valence-electron chi connectivity index (χ4n) is 2.77. The molecule has 0 radical (unpaired) electrons. The normalized spacial score (nSPS) is 16.8. The van der Waals surface area contributed by atoms with E-state index in [0.717, 1.165) is 5.69 Å². The van der Waals surface area contributed by atoms with E-state index in [0.29, 0.717) is 35.9 Å². The molecule has 3 rings (SSSR count). The van der Waals surface area contributed by atoms with Crippen molar-refractivity contribution in [3.63, 3.8) is 0 Å². The van der Waals surface area contributed by atoms with E-state index in [2.05, 4.69) is 15.6 Å². The fourth-order valence-corrected chi connectivity index (χ4v) is 2.95. The van der Waals surface area contributed by atoms with Crippen LogP contribution in [0.1, 0.15) is 23.7 Å². The summed E-state index contributed by atoms with van der Waals surface area (Å²) in [4.78, 5) is 30.3. The van der Waals surface area contributed by atoms with Gasteiger partial charge in [-0.25, -0.2) is 4.98 Å². The van der Waals surface area contributed by atoms with Gasteiger partial charge in [-0.15, -0.1) is 0 Å². The maximum absolute atomic E-state index is 12.6. The number of carbonyl (C=O) groups excluding carboxylic acids is 2. The molecule has 130 valence electrons. The van der Waals surface area contributed by atoms with Crippen LogP contribution in [0.25, 0.3) is 0 Å². The molecule has 1 fully saturated rings. The molecule has 2 heterocycles. The van der Waals surface area contributed by atoms with Crippen LogP contribution in [0.2, 0.25) is 5.02 Å². The standard InChI is InChI=1S/C18H19ClN4O2/c1-2-20-17(24)12-6-7-16(21-11-12)22-15-8-9-23(18(15)25)14-5-3-4-13(19)10-14/h3-7,10-11,15H,2,8-9H2,1H3,(H,20,24)(H,21,22). The van der Waals surface area contributed by atoms with E-state index in [1.807, 2.05) is 19.1 Å². The Hall–Kier alpha value is -2.60. The maximum Gasteiger partial charge on any atom is 0.252 e. The maximum atomic E-state index is 12.6. The summed E-state index contributed by atoms with van der Waals surface area (Å²) in [5.74, 6) is 0.391. The van der Waals surface area contributed by atoms with Crippen LogP contribution in [0.5, 0.6) is 0 Å². The van der Waals surface area contributed by atoms with Gasteiger partial charge in [-0.3, -0.25) is 9.59 Å². The van der Waals surface area contributed by atoms with E-state index < -0.39 is 0 Å². The summed E-state index contributed by atoms with van der Waals surface area (Å²) in [6.45, 7) is 3.04. The molecule has 1 aromatic heterocycles. The highest BCUT2D eigenvalue weighted by Crippen LogP contribution is 2.25. The van der Waals surface area contributed by atoms with E-state index in [1.165, 1.54) is 6.20 Å². The number of carbonyl (C=O) groups is 2. The molecule has 1 aromatic carbocycles. The summed E-state index contributed by atoms with van der Waals surface area (Å²) >= 11 is 6.00. The van der Waals surface area contributed by atoms with Gasteiger partial charge in [0.25, 0.3) is 5.91 Å². The van der Waals surface area contributed by atoms with Crippen LogP contribution in [0.15, 0.2) is 42.6 Å². The summed E-state index contributed by atoms with van der Waals surface area (Å²) in [5.41, 5.74) is 1.28. The minimum Gasteiger partial charge on any atom is -0.358 e. The summed E-state index contributed by atoms with van der Waals surface area (Å²) in [7, 11) is 0. The Morgan fingerprint density at radius 3 is 2.88 bits per heavy atom. The molecule has 1 atom stereocenters. The first kappa shape index (κ1) is 17.2. The molecule has 0 spiro atoms. The first-order valence-corrected chi connectivity index (χ1v) is 8.54. The molecule has 2 N–H and O–H groups in total. The molecule has 0 bridgehead atoms. The number of pyridine rings is 1. The molecular formula is C18H19ClN4O2. The zero-order chi connectivity index (χ0) is 17.8. The molecule has 7 heteroatoms. The Labute approximate surface area is 151 Å². The average Bonchev–Trinajstić information content (AvgIpc) is 2.96. The SMILES string of the molecule is CCNC(=O)c1ccc(NC2CCN(c3cccc(Cl)c3)C2=O)nc1. The van der Waals surface area contributed by atoms with Crippen LogP contribution in [0, 0.1) is 0 Å². The van der Waals surface area contributed by atoms with Crippen molar-refractivity contribution >= 4 is 34.9 Å². The highest BCUT2D eigenvalue weighted by Gasteiger charge is 2.32. The molecule has 1 unspecified atom stereocenters. The zero-order valence-electron chi connectivity index (χ0n) is 13.8. The smallest absolute Gasteiger partial charge is 0.252 e. The second-order valence-corrected chi connectivity index (χ2v) is 6.18. The van der Waals surface area contributed by atoms with Gasteiger partial charge in [-0.2, -0.15) is 0 Å². The molecule has 1 aliphatic rings. The van der Waals surface area contributed by atoms with E-state index in [9.17, 15) is 9.59 Å². The van der Waals surface area contributed by atoms with Crippen molar-refractivity contribution in [2.24, 2.45) is 0 Å². The molecule has 2 amide bonds. The van der Waals surface area contributed by atoms with Crippen LogP contribution < -0.4 is 15.5 Å². The molecule has 1 saturated heterocycles. The summed E-state index contributed by atoms with van der Waals surface area (Å²) in [5, 5.41) is 6.46. The van der Waals surface area contributed by atoms with Gasteiger partial charge in [0.15, 0.2) is 0 Å². The van der Waals surface area contributed by atoms with Gasteiger partial charge in [0.05, 0.1) is 5.56 Å². The van der Waals surface area contributed by atoms with E-state index in [-0.39, 0.29) is 17.9 Å². The minimum atomic E-state index is -0.346. The van der Waals surface area contributed by atoms with Crippen molar-refractivity contribution in [3.05, 3.63) is 53.2 Å². The number of aromatic nitrogens is 1. The number of benzene rings is 1. The van der Waals surface area contributed by atoms with Crippen LogP contribution in [0.3, 0.4) is 0 Å². The zero-order valence-corrected chi connectivity index (χ0v) is 14.6. The van der Waals surface area contributed by atoms with Crippen LogP contribution in [-0.2, 0) is 4.79 Å². The third kappa shape index (κ3) is 3.91. The van der Waals surface area contributed by atoms with Crippen molar-refractivity contribution in [3.8, 4) is 0 Å². The number of nitrogens with zero attached hydrogens (tertiary/aromatic N) is 2. The van der Waals surface area contributed by atoms with Gasteiger partial charge in [0.1, 0.15) is 11.9 Å². The van der Waals surface area contributed by atoms with Gasteiger partial charge in [0.2, 0.25) is 5.91 Å². The van der Waals surface area contributed by atoms with Gasteiger partial charge < -0.3 is 15.5 Å². The molecule has 25 heavy (non-hydrogen) atoms. The minimum absolute atomic E-state index is 0.0168. The topological polar surface area (TPSA) is 74.3 Å². The predicted octanol–water partition coefficient (Wildman–Crippen LogP) is 2.70. The van der Waals surface area contributed by atoms with E-state index in [1.54, 1.807) is 29.2 Å². The lowest BCUT2D eigenvalue weighted by Crippen LogP contribution is -2.33. The third-order valence-electron chi connectivity index (χ3n) is 4.01. The molecule has 0 aliphatic carbocycles. The monoisotopic (exact) mass is 358 g/mol. The highest BCUT2D eigenvalue weighted by atomic mass is 35.5. The number of amides is 2. The lowest BCUT2D eigenvalue weighted by atomic mass is 10.2. The van der Waals surface area contributed by atoms with Crippen molar-refractivity contribution in [1.82, 2.24) is 10.3 Å². The summed E-state index contributed by atoms with van der Waals surface area (Å²) < 4.78 is 0. The van der Waals surface area contributed by atoms with Gasteiger partial charge in [-0.05, 0) is 43.7 Å². The van der Waals surface area contributed by atoms with E-state index in [4.69, 9.17) is 11.6 Å². The Balaban J connectivity index is 1.66. The van der Waals surface area contributed by atoms with Crippen molar-refractivity contribution in [1.29, 1.82) is 0 Å². The fraction of sp³-hybridized carbons (Fsp3) is 0.278. The van der Waals surface area contributed by atoms with Crippen molar-refractivity contribution < 1.29 is 9.59 Å². The van der Waals surface area contributed by atoms with Crippen LogP contribution in [0.4, 0.5) is 11.5 Å². The first-order valence-electron chi connectivity index (χ1n) is 8.16. The molecule has 6 nitrogen and oxygen atoms in total. The quantitative estimate of drug-likeness (QED) is 0.861. The van der Waals surface area contributed by atoms with Gasteiger partial charge >= 0.3 is 0 Å². The van der Waals surface area contributed by atoms with E-state index >= 15 is 0 Å². The largest absolute Gasteiger partial charge is 0.358 e. The Bertz CT molecular complexity index is 779. The number of halogens is 1. The first-order chi connectivity index (χ1) is 12.1. The Morgan fingerprint density at radius 2 is 2.20 bits per heavy atom. The molecule has 1 aliphatic heterocycles. The van der Waals surface area contributed by atoms with Crippen molar-refractivity contribution in [2.45, 2.75) is 19.4 Å². The second-order valence-electron chi connectivity index (χ2n) is 5.75. The predicted molar refractivity (Wildman–Crippen MR) is 98.1 cm³/mol. The third-order valence-corrected chi connectivity index (χ3v) is 4.25. The number of anilines is 2.